The Bertz CT molecular complexity index is 1030. The molecule has 0 aromatic heterocycles. The summed E-state index contributed by atoms with van der Waals surface area (Å²) >= 11 is 0. The second-order valence-corrected chi connectivity index (χ2v) is 10.1. The lowest BCUT2D eigenvalue weighted by Crippen LogP contribution is -2.45. The first-order valence-electron chi connectivity index (χ1n) is 11.4. The van der Waals surface area contributed by atoms with Gasteiger partial charge in [-0.25, -0.2) is 8.42 Å². The van der Waals surface area contributed by atoms with E-state index in [4.69, 9.17) is 9.47 Å². The van der Waals surface area contributed by atoms with Crippen LogP contribution in [0.25, 0.3) is 0 Å². The molecule has 2 aliphatic heterocycles. The molecule has 2 fully saturated rings. The number of benzene rings is 2. The van der Waals surface area contributed by atoms with Crippen LogP contribution in [0.1, 0.15) is 18.4 Å². The van der Waals surface area contributed by atoms with E-state index in [1.54, 1.807) is 30.3 Å². The Kier molecular flexibility index (Phi) is 7.97. The van der Waals surface area contributed by atoms with Crippen molar-refractivity contribution in [2.75, 3.05) is 46.0 Å². The summed E-state index contributed by atoms with van der Waals surface area (Å²) in [5.74, 6) is 0.481. The van der Waals surface area contributed by atoms with Crippen LogP contribution in [0.3, 0.4) is 0 Å². The Morgan fingerprint density at radius 3 is 2.64 bits per heavy atom. The van der Waals surface area contributed by atoms with Gasteiger partial charge in [0.1, 0.15) is 18.4 Å². The van der Waals surface area contributed by atoms with E-state index in [0.717, 1.165) is 44.2 Å². The molecule has 0 radical (unpaired) electrons. The average Bonchev–Trinajstić information content (AvgIpc) is 3.35. The van der Waals surface area contributed by atoms with Gasteiger partial charge in [0.05, 0.1) is 18.1 Å². The molecule has 8 nitrogen and oxygen atoms in total. The molecule has 2 aliphatic rings. The number of carbonyl (C=O) groups excluding carboxylic acids is 1. The van der Waals surface area contributed by atoms with Gasteiger partial charge in [0.25, 0.3) is 0 Å². The van der Waals surface area contributed by atoms with E-state index < -0.39 is 16.1 Å². The summed E-state index contributed by atoms with van der Waals surface area (Å²) in [4.78, 5) is 15.4. The van der Waals surface area contributed by atoms with Crippen molar-refractivity contribution in [2.24, 2.45) is 0 Å². The van der Waals surface area contributed by atoms with Crippen LogP contribution < -0.4 is 10.1 Å². The van der Waals surface area contributed by atoms with Crippen LogP contribution in [0.2, 0.25) is 0 Å². The van der Waals surface area contributed by atoms with Crippen LogP contribution >= 0.6 is 0 Å². The maximum atomic E-state index is 13.0. The van der Waals surface area contributed by atoms with Gasteiger partial charge in [-0.05, 0) is 42.7 Å². The molecule has 0 saturated carbocycles. The lowest BCUT2D eigenvalue weighted by molar-refractivity contribution is -0.124. The molecular weight excluding hydrogens is 442 g/mol. The number of carbonyl (C=O) groups is 1. The molecule has 0 spiro atoms. The van der Waals surface area contributed by atoms with E-state index in [1.807, 2.05) is 24.3 Å². The summed E-state index contributed by atoms with van der Waals surface area (Å²) in [6.07, 6.45) is 1.18. The van der Waals surface area contributed by atoms with Crippen LogP contribution in [0.15, 0.2) is 59.5 Å². The van der Waals surface area contributed by atoms with Crippen LogP contribution in [0.4, 0.5) is 0 Å². The zero-order valence-corrected chi connectivity index (χ0v) is 19.5. The maximum Gasteiger partial charge on any atom is 0.243 e. The SMILES string of the molecule is O=C(NCc1cccc(OCCN2CCOCC2)c1)C1CCCN1S(=O)(=O)c1ccccc1. The van der Waals surface area contributed by atoms with Crippen molar-refractivity contribution in [3.05, 3.63) is 60.2 Å². The lowest BCUT2D eigenvalue weighted by Gasteiger charge is -2.26. The fourth-order valence-electron chi connectivity index (χ4n) is 4.19. The number of nitrogens with zero attached hydrogens (tertiary/aromatic N) is 2. The largest absolute Gasteiger partial charge is 0.492 e. The van der Waals surface area contributed by atoms with Gasteiger partial charge in [-0.3, -0.25) is 9.69 Å². The summed E-state index contributed by atoms with van der Waals surface area (Å²) in [6.45, 7) is 5.47. The highest BCUT2D eigenvalue weighted by atomic mass is 32.2. The second-order valence-electron chi connectivity index (χ2n) is 8.25. The minimum Gasteiger partial charge on any atom is -0.492 e. The van der Waals surface area contributed by atoms with E-state index in [2.05, 4.69) is 10.2 Å². The molecule has 1 N–H and O–H groups in total. The van der Waals surface area contributed by atoms with Crippen LogP contribution in [-0.4, -0.2) is 75.6 Å². The first kappa shape index (κ1) is 23.7. The Hall–Kier alpha value is -2.46. The minimum atomic E-state index is -3.70. The fourth-order valence-corrected chi connectivity index (χ4v) is 5.86. The number of hydrogen-bond acceptors (Lipinski definition) is 6. The number of amides is 1. The minimum absolute atomic E-state index is 0.214. The molecule has 2 saturated heterocycles. The van der Waals surface area contributed by atoms with Crippen molar-refractivity contribution in [2.45, 2.75) is 30.3 Å². The molecule has 2 aromatic rings. The lowest BCUT2D eigenvalue weighted by atomic mass is 10.2. The molecule has 1 atom stereocenters. The molecule has 1 unspecified atom stereocenters. The molecule has 9 heteroatoms. The van der Waals surface area contributed by atoms with Gasteiger partial charge in [0, 0.05) is 32.7 Å². The zero-order chi connectivity index (χ0) is 23.1. The Morgan fingerprint density at radius 2 is 1.85 bits per heavy atom. The summed E-state index contributed by atoms with van der Waals surface area (Å²) in [5, 5.41) is 2.91. The summed E-state index contributed by atoms with van der Waals surface area (Å²) in [6, 6.07) is 15.2. The van der Waals surface area contributed by atoms with E-state index in [9.17, 15) is 13.2 Å². The summed E-state index contributed by atoms with van der Waals surface area (Å²) in [5.41, 5.74) is 0.905. The molecule has 178 valence electrons. The quantitative estimate of drug-likeness (QED) is 0.598. The Morgan fingerprint density at radius 1 is 1.06 bits per heavy atom. The van der Waals surface area contributed by atoms with Crippen molar-refractivity contribution in [3.8, 4) is 5.75 Å². The third kappa shape index (κ3) is 6.11. The molecule has 2 heterocycles. The average molecular weight is 474 g/mol. The van der Waals surface area contributed by atoms with E-state index in [1.165, 1.54) is 4.31 Å². The van der Waals surface area contributed by atoms with Crippen molar-refractivity contribution in [1.82, 2.24) is 14.5 Å². The smallest absolute Gasteiger partial charge is 0.243 e. The van der Waals surface area contributed by atoms with Gasteiger partial charge < -0.3 is 14.8 Å². The Balaban J connectivity index is 1.30. The van der Waals surface area contributed by atoms with Gasteiger partial charge in [-0.1, -0.05) is 30.3 Å². The number of hydrogen-bond donors (Lipinski definition) is 1. The van der Waals surface area contributed by atoms with Crippen molar-refractivity contribution < 1.29 is 22.7 Å². The first-order valence-corrected chi connectivity index (χ1v) is 12.8. The van der Waals surface area contributed by atoms with Crippen LogP contribution in [-0.2, 0) is 26.1 Å². The molecule has 0 aliphatic carbocycles. The van der Waals surface area contributed by atoms with E-state index in [-0.39, 0.29) is 10.8 Å². The number of rotatable bonds is 9. The van der Waals surface area contributed by atoms with Crippen molar-refractivity contribution in [3.63, 3.8) is 0 Å². The van der Waals surface area contributed by atoms with Gasteiger partial charge >= 0.3 is 0 Å². The van der Waals surface area contributed by atoms with Crippen LogP contribution in [0, 0.1) is 0 Å². The van der Waals surface area contributed by atoms with Gasteiger partial charge in [-0.15, -0.1) is 0 Å². The number of nitrogens with one attached hydrogen (secondary N) is 1. The predicted molar refractivity (Wildman–Crippen MR) is 124 cm³/mol. The highest BCUT2D eigenvalue weighted by molar-refractivity contribution is 7.89. The molecule has 33 heavy (non-hydrogen) atoms. The number of ether oxygens (including phenoxy) is 2. The normalized spacial score (nSPS) is 19.9. The highest BCUT2D eigenvalue weighted by Gasteiger charge is 2.39. The van der Waals surface area contributed by atoms with Crippen LogP contribution in [0.5, 0.6) is 5.75 Å². The predicted octanol–water partition coefficient (Wildman–Crippen LogP) is 1.87. The van der Waals surface area contributed by atoms with Gasteiger partial charge in [0.2, 0.25) is 15.9 Å². The fraction of sp³-hybridized carbons (Fsp3) is 0.458. The van der Waals surface area contributed by atoms with Crippen molar-refractivity contribution >= 4 is 15.9 Å². The molecular formula is C24H31N3O5S. The first-order chi connectivity index (χ1) is 16.0. The third-order valence-electron chi connectivity index (χ3n) is 6.00. The topological polar surface area (TPSA) is 88.2 Å². The highest BCUT2D eigenvalue weighted by Crippen LogP contribution is 2.26. The van der Waals surface area contributed by atoms with E-state index in [0.29, 0.717) is 32.5 Å². The van der Waals surface area contributed by atoms with Crippen molar-refractivity contribution in [1.29, 1.82) is 0 Å². The monoisotopic (exact) mass is 473 g/mol. The maximum absolute atomic E-state index is 13.0. The second kappa shape index (κ2) is 11.1. The molecule has 4 rings (SSSR count). The molecule has 1 amide bonds. The zero-order valence-electron chi connectivity index (χ0n) is 18.7. The third-order valence-corrected chi connectivity index (χ3v) is 7.92. The van der Waals surface area contributed by atoms with E-state index >= 15 is 0 Å². The number of sulfonamides is 1. The summed E-state index contributed by atoms with van der Waals surface area (Å²) < 4.78 is 38.6. The standard InChI is InChI=1S/C24H31N3O5S/c28-24(23-10-5-11-27(23)33(29,30)22-8-2-1-3-9-22)25-19-20-6-4-7-21(18-20)32-17-14-26-12-15-31-16-13-26/h1-4,6-9,18,23H,5,10-17,19H2,(H,25,28). The summed E-state index contributed by atoms with van der Waals surface area (Å²) in [7, 11) is -3.70. The van der Waals surface area contributed by atoms with Gasteiger partial charge in [0.15, 0.2) is 0 Å². The number of morpholine rings is 1. The molecule has 0 bridgehead atoms. The van der Waals surface area contributed by atoms with Gasteiger partial charge in [-0.2, -0.15) is 4.31 Å². The Labute approximate surface area is 195 Å². The molecule has 2 aromatic carbocycles.